The lowest BCUT2D eigenvalue weighted by atomic mass is 9.99. The highest BCUT2D eigenvalue weighted by molar-refractivity contribution is 9.10. The van der Waals surface area contributed by atoms with E-state index in [1.807, 2.05) is 6.07 Å². The predicted octanol–water partition coefficient (Wildman–Crippen LogP) is 5.63. The third-order valence-electron chi connectivity index (χ3n) is 6.15. The SMILES string of the molecule is CN(C(=O)C1CCSCC1)[C@@H](c1ccc(NC2Cc3ccc(Br)cc3C2)cn1)C(F)(F)F. The third kappa shape index (κ3) is 5.25. The molecule has 1 aliphatic heterocycles. The standard InChI is InChI=1S/C23H25BrF3N3OS/c1-30(22(31)14-6-8-32-9-7-14)21(23(25,26)27)20-5-4-18(13-28-20)29-19-11-15-2-3-17(24)10-16(15)12-19/h2-5,10,13-14,19,21,29H,6-9,11-12H2,1H3/t19?,21-/m0/s1. The Labute approximate surface area is 198 Å². The number of rotatable bonds is 5. The van der Waals surface area contributed by atoms with Gasteiger partial charge in [-0.15, -0.1) is 0 Å². The number of carbonyl (C=O) groups is 1. The first-order chi connectivity index (χ1) is 15.2. The first-order valence-corrected chi connectivity index (χ1v) is 12.6. The number of amides is 1. The minimum absolute atomic E-state index is 0.164. The molecule has 1 unspecified atom stereocenters. The first-order valence-electron chi connectivity index (χ1n) is 10.6. The van der Waals surface area contributed by atoms with Gasteiger partial charge in [-0.1, -0.05) is 22.0 Å². The van der Waals surface area contributed by atoms with Crippen molar-refractivity contribution in [2.24, 2.45) is 5.92 Å². The zero-order chi connectivity index (χ0) is 22.9. The number of halogens is 4. The lowest BCUT2D eigenvalue weighted by molar-refractivity contribution is -0.191. The largest absolute Gasteiger partial charge is 0.414 e. The summed E-state index contributed by atoms with van der Waals surface area (Å²) >= 11 is 5.22. The molecule has 2 aromatic rings. The second kappa shape index (κ2) is 9.63. The van der Waals surface area contributed by atoms with E-state index in [2.05, 4.69) is 38.4 Å². The molecule has 0 spiro atoms. The van der Waals surface area contributed by atoms with Crippen molar-refractivity contribution in [3.63, 3.8) is 0 Å². The fourth-order valence-electron chi connectivity index (χ4n) is 4.52. The van der Waals surface area contributed by atoms with Crippen LogP contribution in [0.15, 0.2) is 41.0 Å². The van der Waals surface area contributed by atoms with Crippen molar-refractivity contribution < 1.29 is 18.0 Å². The van der Waals surface area contributed by atoms with E-state index in [9.17, 15) is 18.0 Å². The molecule has 0 saturated carbocycles. The summed E-state index contributed by atoms with van der Waals surface area (Å²) in [6.07, 6.45) is -0.228. The fraction of sp³-hybridized carbons (Fsp3) is 0.478. The van der Waals surface area contributed by atoms with Gasteiger partial charge in [0.25, 0.3) is 0 Å². The first kappa shape index (κ1) is 23.4. The van der Waals surface area contributed by atoms with Gasteiger partial charge in [-0.2, -0.15) is 24.9 Å². The van der Waals surface area contributed by atoms with Gasteiger partial charge in [-0.25, -0.2) is 0 Å². The van der Waals surface area contributed by atoms with Crippen molar-refractivity contribution in [3.05, 3.63) is 57.8 Å². The van der Waals surface area contributed by atoms with E-state index in [1.165, 1.54) is 30.4 Å². The lowest BCUT2D eigenvalue weighted by Gasteiger charge is -2.33. The van der Waals surface area contributed by atoms with Crippen LogP contribution in [0.1, 0.15) is 35.7 Å². The van der Waals surface area contributed by atoms with Gasteiger partial charge in [0.2, 0.25) is 5.91 Å². The normalized spacial score (nSPS) is 20.0. The van der Waals surface area contributed by atoms with Crippen molar-refractivity contribution >= 4 is 39.3 Å². The van der Waals surface area contributed by atoms with E-state index >= 15 is 0 Å². The smallest absolute Gasteiger partial charge is 0.380 e. The number of alkyl halides is 3. The highest BCUT2D eigenvalue weighted by atomic mass is 79.9. The van der Waals surface area contributed by atoms with Crippen molar-refractivity contribution in [1.29, 1.82) is 0 Å². The van der Waals surface area contributed by atoms with Gasteiger partial charge in [0.1, 0.15) is 0 Å². The molecule has 0 radical (unpaired) electrons. The second-order valence-electron chi connectivity index (χ2n) is 8.41. The highest BCUT2D eigenvalue weighted by Gasteiger charge is 2.47. The molecule has 172 valence electrons. The summed E-state index contributed by atoms with van der Waals surface area (Å²) in [5.41, 5.74) is 3.04. The molecule has 1 amide bonds. The van der Waals surface area contributed by atoms with Crippen LogP contribution in [0, 0.1) is 5.92 Å². The zero-order valence-electron chi connectivity index (χ0n) is 17.7. The molecule has 4 nitrogen and oxygen atoms in total. The molecule has 1 aromatic heterocycles. The number of aromatic nitrogens is 1. The Morgan fingerprint density at radius 2 is 1.91 bits per heavy atom. The van der Waals surface area contributed by atoms with Crippen LogP contribution in [0.5, 0.6) is 0 Å². The van der Waals surface area contributed by atoms with Crippen LogP contribution in [0.2, 0.25) is 0 Å². The minimum atomic E-state index is -4.60. The van der Waals surface area contributed by atoms with Gasteiger partial charge in [0.15, 0.2) is 6.04 Å². The minimum Gasteiger partial charge on any atom is -0.380 e. The Balaban J connectivity index is 1.46. The van der Waals surface area contributed by atoms with Crippen LogP contribution >= 0.6 is 27.7 Å². The number of fused-ring (bicyclic) bond motifs is 1. The molecule has 1 N–H and O–H groups in total. The molecule has 1 aromatic carbocycles. The lowest BCUT2D eigenvalue weighted by Crippen LogP contribution is -2.43. The molecule has 1 fully saturated rings. The zero-order valence-corrected chi connectivity index (χ0v) is 20.1. The fourth-order valence-corrected chi connectivity index (χ4v) is 6.04. The number of nitrogens with zero attached hydrogens (tertiary/aromatic N) is 2. The van der Waals surface area contributed by atoms with Gasteiger partial charge < -0.3 is 10.2 Å². The van der Waals surface area contributed by atoms with Crippen LogP contribution in [-0.4, -0.2) is 46.6 Å². The van der Waals surface area contributed by atoms with Crippen LogP contribution < -0.4 is 5.32 Å². The number of thioether (sulfide) groups is 1. The summed E-state index contributed by atoms with van der Waals surface area (Å²) < 4.78 is 42.8. The van der Waals surface area contributed by atoms with Crippen LogP contribution in [0.25, 0.3) is 0 Å². The van der Waals surface area contributed by atoms with Crippen LogP contribution in [0.3, 0.4) is 0 Å². The number of hydrogen-bond donors (Lipinski definition) is 1. The molecule has 4 rings (SSSR count). The quantitative estimate of drug-likeness (QED) is 0.547. The molecule has 0 bridgehead atoms. The van der Waals surface area contributed by atoms with Crippen molar-refractivity contribution in [2.75, 3.05) is 23.9 Å². The molecule has 9 heteroatoms. The number of benzene rings is 1. The summed E-state index contributed by atoms with van der Waals surface area (Å²) in [4.78, 5) is 17.7. The molecule has 2 atom stereocenters. The number of carbonyl (C=O) groups excluding carboxylic acids is 1. The van der Waals surface area contributed by atoms with Gasteiger partial charge >= 0.3 is 6.18 Å². The average Bonchev–Trinajstić information content (AvgIpc) is 3.15. The summed E-state index contributed by atoms with van der Waals surface area (Å²) in [7, 11) is 1.24. The van der Waals surface area contributed by atoms with E-state index in [-0.39, 0.29) is 17.7 Å². The maximum Gasteiger partial charge on any atom is 0.414 e. The number of hydrogen-bond acceptors (Lipinski definition) is 4. The maximum absolute atomic E-state index is 13.9. The second-order valence-corrected chi connectivity index (χ2v) is 10.6. The van der Waals surface area contributed by atoms with Gasteiger partial charge in [-0.05, 0) is 72.6 Å². The topological polar surface area (TPSA) is 45.2 Å². The van der Waals surface area contributed by atoms with E-state index in [1.54, 1.807) is 17.8 Å². The van der Waals surface area contributed by atoms with Crippen molar-refractivity contribution in [1.82, 2.24) is 9.88 Å². The van der Waals surface area contributed by atoms with Gasteiger partial charge in [-0.3, -0.25) is 9.78 Å². The van der Waals surface area contributed by atoms with Gasteiger partial charge in [0, 0.05) is 23.5 Å². The molecule has 1 saturated heterocycles. The molecule has 32 heavy (non-hydrogen) atoms. The van der Waals surface area contributed by atoms with Gasteiger partial charge in [0.05, 0.1) is 17.6 Å². The van der Waals surface area contributed by atoms with E-state index in [4.69, 9.17) is 0 Å². The van der Waals surface area contributed by atoms with Crippen LogP contribution in [0.4, 0.5) is 18.9 Å². The maximum atomic E-state index is 13.9. The number of nitrogens with one attached hydrogen (secondary N) is 1. The highest BCUT2D eigenvalue weighted by Crippen LogP contribution is 2.38. The van der Waals surface area contributed by atoms with Crippen molar-refractivity contribution in [3.8, 4) is 0 Å². The van der Waals surface area contributed by atoms with E-state index in [0.717, 1.165) is 33.7 Å². The van der Waals surface area contributed by atoms with E-state index in [0.29, 0.717) is 18.5 Å². The summed E-state index contributed by atoms with van der Waals surface area (Å²) in [6.45, 7) is 0. The summed E-state index contributed by atoms with van der Waals surface area (Å²) in [6, 6.07) is 7.32. The molecule has 1 aliphatic carbocycles. The van der Waals surface area contributed by atoms with Crippen LogP contribution in [-0.2, 0) is 17.6 Å². The average molecular weight is 528 g/mol. The summed E-state index contributed by atoms with van der Waals surface area (Å²) in [5, 5.41) is 3.37. The Bertz CT molecular complexity index is 964. The molecule has 2 heterocycles. The monoisotopic (exact) mass is 527 g/mol. The van der Waals surface area contributed by atoms with Crippen molar-refractivity contribution in [2.45, 2.75) is 43.9 Å². The predicted molar refractivity (Wildman–Crippen MR) is 125 cm³/mol. The number of anilines is 1. The Morgan fingerprint density at radius 3 is 2.56 bits per heavy atom. The summed E-state index contributed by atoms with van der Waals surface area (Å²) in [5.74, 6) is 0.811. The Kier molecular flexibility index (Phi) is 7.05. The Morgan fingerprint density at radius 1 is 1.19 bits per heavy atom. The molecular weight excluding hydrogens is 503 g/mol. The third-order valence-corrected chi connectivity index (χ3v) is 7.70. The molecule has 2 aliphatic rings. The Hall–Kier alpha value is -1.74. The van der Waals surface area contributed by atoms with E-state index < -0.39 is 18.1 Å². The molecular formula is C23H25BrF3N3OS. The number of pyridine rings is 1.